The van der Waals surface area contributed by atoms with Crippen molar-refractivity contribution in [2.24, 2.45) is 30.7 Å². The fourth-order valence-electron chi connectivity index (χ4n) is 6.07. The third-order valence-electron chi connectivity index (χ3n) is 8.95. The molecule has 7 rings (SSSR count). The van der Waals surface area contributed by atoms with Crippen LogP contribution in [0.2, 0.25) is 0 Å². The molecule has 0 aliphatic carbocycles. The molecular formula is C38H29N7O13S4-2. The van der Waals surface area contributed by atoms with Crippen LogP contribution in [0, 0.1) is 0 Å². The molecule has 0 bridgehead atoms. The monoisotopic (exact) mass is 919 g/mol. The van der Waals surface area contributed by atoms with Gasteiger partial charge in [-0.2, -0.15) is 32.2 Å². The second kappa shape index (κ2) is 16.2. The third-order valence-corrected chi connectivity index (χ3v) is 12.4. The number of anilines is 1. The van der Waals surface area contributed by atoms with Gasteiger partial charge in [0.05, 0.1) is 37.4 Å². The number of phenols is 1. The number of azo groups is 3. The molecule has 0 aromatic heterocycles. The van der Waals surface area contributed by atoms with Crippen molar-refractivity contribution >= 4 is 102 Å². The van der Waals surface area contributed by atoms with Gasteiger partial charge in [-0.1, -0.05) is 48.5 Å². The normalized spacial score (nSPS) is 13.0. The molecule has 62 heavy (non-hydrogen) atoms. The van der Waals surface area contributed by atoms with Crippen molar-refractivity contribution in [3.8, 4) is 16.9 Å². The molecule has 7 aromatic carbocycles. The summed E-state index contributed by atoms with van der Waals surface area (Å²) >= 11 is 0. The molecule has 320 valence electrons. The van der Waals surface area contributed by atoms with Crippen LogP contribution in [-0.2, 0) is 40.5 Å². The summed E-state index contributed by atoms with van der Waals surface area (Å²) in [6, 6.07) is 27.2. The first kappa shape index (κ1) is 43.2. The Morgan fingerprint density at radius 1 is 0.500 bits per heavy atom. The molecule has 20 nitrogen and oxygen atoms in total. The molecule has 0 atom stereocenters. The fourth-order valence-corrected chi connectivity index (χ4v) is 8.72. The number of benzene rings is 7. The van der Waals surface area contributed by atoms with E-state index >= 15 is 0 Å². The van der Waals surface area contributed by atoms with Crippen LogP contribution in [-0.4, -0.2) is 57.0 Å². The lowest BCUT2D eigenvalue weighted by Gasteiger charge is -2.14. The van der Waals surface area contributed by atoms with Crippen LogP contribution in [0.25, 0.3) is 32.7 Å². The van der Waals surface area contributed by atoms with Crippen molar-refractivity contribution in [3.05, 3.63) is 121 Å². The van der Waals surface area contributed by atoms with Gasteiger partial charge in [0.25, 0.3) is 20.2 Å². The van der Waals surface area contributed by atoms with Crippen LogP contribution >= 0.6 is 0 Å². The van der Waals surface area contributed by atoms with Crippen molar-refractivity contribution < 1.29 is 59.8 Å². The van der Waals surface area contributed by atoms with E-state index < -0.39 is 88.3 Å². The van der Waals surface area contributed by atoms with Gasteiger partial charge in [0.2, 0.25) is 0 Å². The lowest BCUT2D eigenvalue weighted by atomic mass is 10.1. The van der Waals surface area contributed by atoms with E-state index in [4.69, 9.17) is 5.73 Å². The predicted octanol–water partition coefficient (Wildman–Crippen LogP) is 8.99. The first-order valence-electron chi connectivity index (χ1n) is 17.2. The zero-order valence-corrected chi connectivity index (χ0v) is 34.1. The SMILES string of the molecule is Nc1c(N=Nc2ccc(-c3ccc(N=Nc4c(O)ccc5cc(S(=O)(=O)O)cc(S(=O)(=O)[O-])c45)cc3)cc2)c(S(=O)(=O)O)cc2cc(S(=O)(=O)[O-])c(N=Nc3ccccc3)cc12.[HH].[HH]. The lowest BCUT2D eigenvalue weighted by Crippen LogP contribution is -2.04. The van der Waals surface area contributed by atoms with Gasteiger partial charge in [-0.05, 0) is 94.7 Å². The largest absolute Gasteiger partial charge is 0.744 e. The maximum atomic E-state index is 12.5. The number of nitrogens with two attached hydrogens (primary N) is 1. The van der Waals surface area contributed by atoms with Gasteiger partial charge in [-0.3, -0.25) is 9.11 Å². The minimum atomic E-state index is -5.35. The first-order chi connectivity index (χ1) is 29.1. The highest BCUT2D eigenvalue weighted by Crippen LogP contribution is 2.43. The first-order valence-corrected chi connectivity index (χ1v) is 22.8. The summed E-state index contributed by atoms with van der Waals surface area (Å²) in [4.78, 5) is -3.57. The lowest BCUT2D eigenvalue weighted by molar-refractivity contribution is 0.461. The Morgan fingerprint density at radius 3 is 1.55 bits per heavy atom. The second-order valence-corrected chi connectivity index (χ2v) is 18.5. The summed E-state index contributed by atoms with van der Waals surface area (Å²) in [6.45, 7) is 0. The van der Waals surface area contributed by atoms with Gasteiger partial charge in [-0.15, -0.1) is 15.3 Å². The van der Waals surface area contributed by atoms with Crippen LogP contribution in [0.1, 0.15) is 2.85 Å². The number of nitrogen functional groups attached to an aromatic ring is 1. The fraction of sp³-hybridized carbons (Fsp3) is 0. The van der Waals surface area contributed by atoms with Crippen LogP contribution in [0.15, 0.2) is 172 Å². The van der Waals surface area contributed by atoms with E-state index in [0.717, 1.165) is 36.4 Å². The van der Waals surface area contributed by atoms with E-state index in [1.54, 1.807) is 54.6 Å². The molecule has 0 unspecified atom stereocenters. The third kappa shape index (κ3) is 9.21. The smallest absolute Gasteiger partial charge is 0.296 e. The second-order valence-electron chi connectivity index (χ2n) is 13.0. The van der Waals surface area contributed by atoms with Gasteiger partial charge in [0.15, 0.2) is 0 Å². The molecular weight excluding hydrogens is 891 g/mol. The van der Waals surface area contributed by atoms with Gasteiger partial charge >= 0.3 is 0 Å². The molecule has 0 radical (unpaired) electrons. The molecule has 0 amide bonds. The highest BCUT2D eigenvalue weighted by molar-refractivity contribution is 7.87. The van der Waals surface area contributed by atoms with Crippen molar-refractivity contribution in [1.29, 1.82) is 0 Å². The Bertz CT molecular complexity index is 3530. The van der Waals surface area contributed by atoms with Crippen molar-refractivity contribution in [2.45, 2.75) is 19.6 Å². The summed E-state index contributed by atoms with van der Waals surface area (Å²) in [5.41, 5.74) is 6.66. The van der Waals surface area contributed by atoms with Gasteiger partial charge in [0.1, 0.15) is 47.9 Å². The quantitative estimate of drug-likeness (QED) is 0.0534. The van der Waals surface area contributed by atoms with E-state index in [9.17, 15) is 57.0 Å². The zero-order chi connectivity index (χ0) is 44.8. The Morgan fingerprint density at radius 2 is 1.02 bits per heavy atom. The topological polar surface area (TPSA) is 344 Å². The average molecular weight is 920 g/mol. The standard InChI is InChI=1S/C38H27N7O13S4.2H2/c39-36-29-20-30(43-40-25-4-2-1-3-5-25)32(60(50,51)52)17-24(29)18-34(62(56,57)58)38(36)45-42-27-13-8-22(9-14-27)21-6-11-26(12-7-21)41-44-37-31(46)15-10-23-16-28(59(47,48)49)19-33(35(23)37)61(53,54)55;;/h1-20,46H,39H2,(H,47,48,49)(H,50,51,52)(H,53,54,55)(H,56,57,58);2*1H/p-2. The number of hydrogen-bond acceptors (Lipinski definition) is 18. The summed E-state index contributed by atoms with van der Waals surface area (Å²) in [5, 5.41) is 33.7. The van der Waals surface area contributed by atoms with Crippen molar-refractivity contribution in [1.82, 2.24) is 0 Å². The number of rotatable bonds is 11. The maximum absolute atomic E-state index is 12.5. The summed E-state index contributed by atoms with van der Waals surface area (Å²) < 4.78 is 141. The van der Waals surface area contributed by atoms with E-state index in [2.05, 4.69) is 30.7 Å². The number of fused-ring (bicyclic) bond motifs is 2. The Balaban J connectivity index is 0.00000385. The number of hydrogen-bond donors (Lipinski definition) is 4. The van der Waals surface area contributed by atoms with Crippen LogP contribution in [0.3, 0.4) is 0 Å². The van der Waals surface area contributed by atoms with Crippen molar-refractivity contribution in [3.63, 3.8) is 0 Å². The molecule has 24 heteroatoms. The number of phenolic OH excluding ortho intramolecular Hbond substituents is 1. The summed E-state index contributed by atoms with van der Waals surface area (Å²) in [6.07, 6.45) is 0. The van der Waals surface area contributed by atoms with E-state index in [-0.39, 0.29) is 36.1 Å². The molecule has 7 aromatic rings. The maximum Gasteiger partial charge on any atom is 0.296 e. The van der Waals surface area contributed by atoms with Gasteiger partial charge in [-0.25, -0.2) is 16.8 Å². The molecule has 0 aliphatic rings. The van der Waals surface area contributed by atoms with Gasteiger partial charge < -0.3 is 19.9 Å². The van der Waals surface area contributed by atoms with Crippen LogP contribution in [0.5, 0.6) is 5.75 Å². The molecule has 0 aliphatic heterocycles. The predicted molar refractivity (Wildman–Crippen MR) is 225 cm³/mol. The Hall–Kier alpha value is -6.90. The summed E-state index contributed by atoms with van der Waals surface area (Å²) in [7, 11) is -20.5. The molecule has 5 N–H and O–H groups in total. The number of nitrogens with zero attached hydrogens (tertiary/aromatic N) is 6. The highest BCUT2D eigenvalue weighted by Gasteiger charge is 2.24. The van der Waals surface area contributed by atoms with E-state index in [1.807, 2.05) is 0 Å². The van der Waals surface area contributed by atoms with E-state index in [0.29, 0.717) is 22.9 Å². The molecule has 0 fully saturated rings. The molecule has 0 heterocycles. The van der Waals surface area contributed by atoms with Crippen LogP contribution in [0.4, 0.5) is 39.8 Å². The van der Waals surface area contributed by atoms with Crippen molar-refractivity contribution in [2.75, 3.05) is 5.73 Å². The average Bonchev–Trinajstić information content (AvgIpc) is 3.21. The van der Waals surface area contributed by atoms with Gasteiger partial charge in [0, 0.05) is 13.6 Å². The number of aromatic hydroxyl groups is 1. The molecule has 0 saturated carbocycles. The zero-order valence-electron chi connectivity index (χ0n) is 30.9. The molecule has 0 saturated heterocycles. The van der Waals surface area contributed by atoms with Crippen LogP contribution < -0.4 is 5.73 Å². The van der Waals surface area contributed by atoms with E-state index in [1.165, 1.54) is 24.3 Å². The highest BCUT2D eigenvalue weighted by atomic mass is 32.2. The minimum Gasteiger partial charge on any atom is -0.744 e. The Kier molecular flexibility index (Phi) is 11.3. The minimum absolute atomic E-state index is 0. The Labute approximate surface area is 354 Å². The summed E-state index contributed by atoms with van der Waals surface area (Å²) in [5.74, 6) is -0.583. The molecule has 0 spiro atoms.